The molecule has 6 nitrogen and oxygen atoms in total. The molecule has 1 aliphatic rings. The van der Waals surface area contributed by atoms with Crippen molar-refractivity contribution < 1.29 is 4.79 Å². The highest BCUT2D eigenvalue weighted by atomic mass is 16.2. The molecule has 0 radical (unpaired) electrons. The molecule has 1 unspecified atom stereocenters. The average Bonchev–Trinajstić information content (AvgIpc) is 2.69. The highest BCUT2D eigenvalue weighted by Crippen LogP contribution is 2.08. The molecule has 1 saturated heterocycles. The summed E-state index contributed by atoms with van der Waals surface area (Å²) in [5.41, 5.74) is 0. The fourth-order valence-electron chi connectivity index (χ4n) is 2.02. The zero-order valence-electron chi connectivity index (χ0n) is 9.93. The Morgan fingerprint density at radius 1 is 1.47 bits per heavy atom. The maximum atomic E-state index is 11.9. The van der Waals surface area contributed by atoms with Gasteiger partial charge in [-0.3, -0.25) is 9.48 Å². The van der Waals surface area contributed by atoms with Gasteiger partial charge in [0, 0.05) is 12.7 Å². The standard InChI is InChI=1S/C11H19N5O/c17-11(10-4-2-1-3-5-12-10)13-6-8-16-9-7-14-15-16/h7,9-10,12H,1-6,8H2,(H,13,17). The fourth-order valence-corrected chi connectivity index (χ4v) is 2.02. The van der Waals surface area contributed by atoms with Crippen LogP contribution >= 0.6 is 0 Å². The summed E-state index contributed by atoms with van der Waals surface area (Å²) in [4.78, 5) is 11.9. The third-order valence-corrected chi connectivity index (χ3v) is 2.99. The fraction of sp³-hybridized carbons (Fsp3) is 0.727. The van der Waals surface area contributed by atoms with Crippen molar-refractivity contribution in [3.8, 4) is 0 Å². The summed E-state index contributed by atoms with van der Waals surface area (Å²) in [6.07, 6.45) is 7.88. The topological polar surface area (TPSA) is 71.8 Å². The SMILES string of the molecule is O=C(NCCn1ccnn1)C1CCCCCN1. The molecular formula is C11H19N5O. The summed E-state index contributed by atoms with van der Waals surface area (Å²) in [7, 11) is 0. The van der Waals surface area contributed by atoms with Crippen LogP contribution in [0.5, 0.6) is 0 Å². The van der Waals surface area contributed by atoms with E-state index in [9.17, 15) is 4.79 Å². The molecule has 0 aliphatic carbocycles. The molecule has 0 bridgehead atoms. The number of carbonyl (C=O) groups excluding carboxylic acids is 1. The molecule has 2 heterocycles. The molecule has 1 aromatic rings. The van der Waals surface area contributed by atoms with Crippen molar-refractivity contribution in [1.29, 1.82) is 0 Å². The molecule has 17 heavy (non-hydrogen) atoms. The van der Waals surface area contributed by atoms with Gasteiger partial charge in [0.25, 0.3) is 0 Å². The number of amides is 1. The van der Waals surface area contributed by atoms with E-state index in [0.717, 1.165) is 19.4 Å². The van der Waals surface area contributed by atoms with Crippen LogP contribution in [0.2, 0.25) is 0 Å². The van der Waals surface area contributed by atoms with E-state index in [1.807, 2.05) is 0 Å². The van der Waals surface area contributed by atoms with E-state index in [-0.39, 0.29) is 11.9 Å². The maximum Gasteiger partial charge on any atom is 0.237 e. The van der Waals surface area contributed by atoms with Crippen molar-refractivity contribution in [2.24, 2.45) is 0 Å². The van der Waals surface area contributed by atoms with Gasteiger partial charge in [0.1, 0.15) is 0 Å². The van der Waals surface area contributed by atoms with Crippen LogP contribution in [0.3, 0.4) is 0 Å². The monoisotopic (exact) mass is 237 g/mol. The van der Waals surface area contributed by atoms with E-state index in [1.165, 1.54) is 12.8 Å². The van der Waals surface area contributed by atoms with E-state index in [0.29, 0.717) is 13.1 Å². The minimum absolute atomic E-state index is 0.0201. The lowest BCUT2D eigenvalue weighted by molar-refractivity contribution is -0.123. The first-order valence-corrected chi connectivity index (χ1v) is 6.21. The molecule has 0 spiro atoms. The Kier molecular flexibility index (Phi) is 4.49. The Hall–Kier alpha value is -1.43. The van der Waals surface area contributed by atoms with E-state index < -0.39 is 0 Å². The second kappa shape index (κ2) is 6.34. The highest BCUT2D eigenvalue weighted by molar-refractivity contribution is 5.81. The largest absolute Gasteiger partial charge is 0.353 e. The van der Waals surface area contributed by atoms with Crippen molar-refractivity contribution in [2.75, 3.05) is 13.1 Å². The number of rotatable bonds is 4. The number of hydrogen-bond acceptors (Lipinski definition) is 4. The zero-order chi connectivity index (χ0) is 11.9. The third kappa shape index (κ3) is 3.81. The highest BCUT2D eigenvalue weighted by Gasteiger charge is 2.18. The summed E-state index contributed by atoms with van der Waals surface area (Å²) in [5, 5.41) is 13.8. The van der Waals surface area contributed by atoms with E-state index in [1.54, 1.807) is 17.1 Å². The van der Waals surface area contributed by atoms with Crippen LogP contribution in [-0.2, 0) is 11.3 Å². The Balaban J connectivity index is 1.69. The molecular weight excluding hydrogens is 218 g/mol. The second-order valence-electron chi connectivity index (χ2n) is 4.31. The molecule has 0 saturated carbocycles. The van der Waals surface area contributed by atoms with Gasteiger partial charge < -0.3 is 10.6 Å². The van der Waals surface area contributed by atoms with Crippen molar-refractivity contribution in [3.05, 3.63) is 12.4 Å². The van der Waals surface area contributed by atoms with Gasteiger partial charge in [0.15, 0.2) is 0 Å². The molecule has 2 N–H and O–H groups in total. The van der Waals surface area contributed by atoms with Crippen molar-refractivity contribution in [1.82, 2.24) is 25.6 Å². The Morgan fingerprint density at radius 2 is 2.41 bits per heavy atom. The maximum absolute atomic E-state index is 11.9. The van der Waals surface area contributed by atoms with Gasteiger partial charge in [-0.2, -0.15) is 0 Å². The summed E-state index contributed by atoms with van der Waals surface area (Å²) in [6, 6.07) is -0.0201. The summed E-state index contributed by atoms with van der Waals surface area (Å²) in [5.74, 6) is 0.104. The molecule has 2 rings (SSSR count). The first kappa shape index (κ1) is 12.0. The number of carbonyl (C=O) groups is 1. The van der Waals surface area contributed by atoms with Crippen molar-refractivity contribution in [2.45, 2.75) is 38.3 Å². The van der Waals surface area contributed by atoms with Crippen LogP contribution < -0.4 is 10.6 Å². The van der Waals surface area contributed by atoms with Crippen molar-refractivity contribution in [3.63, 3.8) is 0 Å². The van der Waals surface area contributed by atoms with Crippen LogP contribution in [0, 0.1) is 0 Å². The molecule has 6 heteroatoms. The normalized spacial score (nSPS) is 20.8. The van der Waals surface area contributed by atoms with Crippen LogP contribution in [0.4, 0.5) is 0 Å². The van der Waals surface area contributed by atoms with Gasteiger partial charge in [-0.15, -0.1) is 5.10 Å². The van der Waals surface area contributed by atoms with Crippen LogP contribution in [0.1, 0.15) is 25.7 Å². The van der Waals surface area contributed by atoms with Gasteiger partial charge in [0.05, 0.1) is 18.8 Å². The number of nitrogens with one attached hydrogen (secondary N) is 2. The Morgan fingerprint density at radius 3 is 3.24 bits per heavy atom. The molecule has 0 aromatic carbocycles. The second-order valence-corrected chi connectivity index (χ2v) is 4.31. The Labute approximate surface area is 101 Å². The minimum Gasteiger partial charge on any atom is -0.353 e. The Bertz CT molecular complexity index is 330. The van der Waals surface area contributed by atoms with Gasteiger partial charge in [-0.05, 0) is 19.4 Å². The molecule has 94 valence electrons. The van der Waals surface area contributed by atoms with Crippen LogP contribution in [0.15, 0.2) is 12.4 Å². The molecule has 1 amide bonds. The number of hydrogen-bond donors (Lipinski definition) is 2. The molecule has 1 aliphatic heterocycles. The summed E-state index contributed by atoms with van der Waals surface area (Å²) in [6.45, 7) is 2.21. The van der Waals surface area contributed by atoms with E-state index >= 15 is 0 Å². The lowest BCUT2D eigenvalue weighted by atomic mass is 10.1. The molecule has 1 aromatic heterocycles. The predicted octanol–water partition coefficient (Wildman–Crippen LogP) is -0.0735. The number of aromatic nitrogens is 3. The lowest BCUT2D eigenvalue weighted by Gasteiger charge is -2.15. The zero-order valence-corrected chi connectivity index (χ0v) is 9.93. The average molecular weight is 237 g/mol. The molecule has 1 fully saturated rings. The first-order valence-electron chi connectivity index (χ1n) is 6.21. The van der Waals surface area contributed by atoms with E-state index in [2.05, 4.69) is 20.9 Å². The summed E-state index contributed by atoms with van der Waals surface area (Å²) >= 11 is 0. The van der Waals surface area contributed by atoms with Gasteiger partial charge in [-0.25, -0.2) is 0 Å². The van der Waals surface area contributed by atoms with E-state index in [4.69, 9.17) is 0 Å². The van der Waals surface area contributed by atoms with Gasteiger partial charge in [-0.1, -0.05) is 18.1 Å². The quantitative estimate of drug-likeness (QED) is 0.768. The van der Waals surface area contributed by atoms with Crippen LogP contribution in [0.25, 0.3) is 0 Å². The number of nitrogens with zero attached hydrogens (tertiary/aromatic N) is 3. The van der Waals surface area contributed by atoms with Crippen LogP contribution in [-0.4, -0.2) is 40.0 Å². The third-order valence-electron chi connectivity index (χ3n) is 2.99. The van der Waals surface area contributed by atoms with Crippen molar-refractivity contribution >= 4 is 5.91 Å². The van der Waals surface area contributed by atoms with Gasteiger partial charge >= 0.3 is 0 Å². The lowest BCUT2D eigenvalue weighted by Crippen LogP contribution is -2.44. The predicted molar refractivity (Wildman–Crippen MR) is 63.3 cm³/mol. The minimum atomic E-state index is -0.0201. The first-order chi connectivity index (χ1) is 8.36. The van der Waals surface area contributed by atoms with Gasteiger partial charge in [0.2, 0.25) is 5.91 Å². The summed E-state index contributed by atoms with van der Waals surface area (Å²) < 4.78 is 1.71. The smallest absolute Gasteiger partial charge is 0.237 e. The molecule has 1 atom stereocenters.